The molecule has 0 unspecified atom stereocenters. The Morgan fingerprint density at radius 2 is 1.65 bits per heavy atom. The molecule has 0 fully saturated rings. The maximum absolute atomic E-state index is 6.02. The first-order valence-electron chi connectivity index (χ1n) is 5.51. The number of anilines is 3. The van der Waals surface area contributed by atoms with Gasteiger partial charge >= 0.3 is 0 Å². The Kier molecular flexibility index (Phi) is 2.91. The number of benzene rings is 2. The highest BCUT2D eigenvalue weighted by molar-refractivity contribution is 5.87. The summed E-state index contributed by atoms with van der Waals surface area (Å²) in [6.45, 7) is 0. The molecule has 0 aliphatic rings. The highest BCUT2D eigenvalue weighted by Gasteiger charge is 2.09. The Morgan fingerprint density at radius 3 is 2.29 bits per heavy atom. The average molecular weight is 227 g/mol. The van der Waals surface area contributed by atoms with Gasteiger partial charge in [0.1, 0.15) is 0 Å². The van der Waals surface area contributed by atoms with E-state index in [2.05, 4.69) is 6.07 Å². The Labute approximate surface area is 102 Å². The number of nitrogens with two attached hydrogens (primary N) is 2. The molecule has 0 amide bonds. The molecule has 4 N–H and O–H groups in total. The zero-order chi connectivity index (χ0) is 12.4. The Hall–Kier alpha value is -2.16. The molecule has 0 heterocycles. The minimum Gasteiger partial charge on any atom is -0.399 e. The van der Waals surface area contributed by atoms with Crippen molar-refractivity contribution in [2.75, 3.05) is 30.5 Å². The van der Waals surface area contributed by atoms with Crippen LogP contribution in [0.3, 0.4) is 0 Å². The predicted molar refractivity (Wildman–Crippen MR) is 75.0 cm³/mol. The van der Waals surface area contributed by atoms with Gasteiger partial charge in [0, 0.05) is 25.3 Å². The fourth-order valence-corrected chi connectivity index (χ4v) is 2.00. The lowest BCUT2D eigenvalue weighted by molar-refractivity contribution is 1.14. The van der Waals surface area contributed by atoms with Crippen molar-refractivity contribution in [3.63, 3.8) is 0 Å². The quantitative estimate of drug-likeness (QED) is 0.775. The maximum atomic E-state index is 6.02. The molecule has 2 rings (SSSR count). The van der Waals surface area contributed by atoms with E-state index in [9.17, 15) is 0 Å². The lowest BCUT2D eigenvalue weighted by Crippen LogP contribution is -2.12. The zero-order valence-corrected chi connectivity index (χ0v) is 10.1. The van der Waals surface area contributed by atoms with E-state index in [1.165, 1.54) is 0 Å². The summed E-state index contributed by atoms with van der Waals surface area (Å²) in [5, 5.41) is 0. The summed E-state index contributed by atoms with van der Waals surface area (Å²) >= 11 is 0. The van der Waals surface area contributed by atoms with Crippen molar-refractivity contribution in [3.05, 3.63) is 42.5 Å². The van der Waals surface area contributed by atoms with Crippen molar-refractivity contribution in [2.24, 2.45) is 0 Å². The fourth-order valence-electron chi connectivity index (χ4n) is 2.00. The van der Waals surface area contributed by atoms with Crippen LogP contribution in [0.15, 0.2) is 42.5 Å². The second kappa shape index (κ2) is 4.37. The summed E-state index contributed by atoms with van der Waals surface area (Å²) in [6.07, 6.45) is 0. The van der Waals surface area contributed by atoms with E-state index < -0.39 is 0 Å². The van der Waals surface area contributed by atoms with Crippen molar-refractivity contribution in [1.29, 1.82) is 0 Å². The van der Waals surface area contributed by atoms with Crippen molar-refractivity contribution in [3.8, 4) is 11.1 Å². The van der Waals surface area contributed by atoms with Crippen LogP contribution in [-0.2, 0) is 0 Å². The first kappa shape index (κ1) is 11.3. The van der Waals surface area contributed by atoms with Gasteiger partial charge in [-0.3, -0.25) is 0 Å². The number of para-hydroxylation sites is 1. The summed E-state index contributed by atoms with van der Waals surface area (Å²) in [5.41, 5.74) is 16.6. The minimum absolute atomic E-state index is 0.759. The molecule has 17 heavy (non-hydrogen) atoms. The number of nitrogens with zero attached hydrogens (tertiary/aromatic N) is 1. The molecule has 0 bridgehead atoms. The molecule has 0 saturated carbocycles. The number of hydrogen-bond acceptors (Lipinski definition) is 3. The van der Waals surface area contributed by atoms with E-state index in [1.807, 2.05) is 55.4 Å². The average Bonchev–Trinajstić information content (AvgIpc) is 2.28. The van der Waals surface area contributed by atoms with Gasteiger partial charge in [0.05, 0.1) is 11.4 Å². The van der Waals surface area contributed by atoms with Crippen molar-refractivity contribution in [2.45, 2.75) is 0 Å². The molecule has 88 valence electrons. The second-order valence-electron chi connectivity index (χ2n) is 4.26. The molecule has 0 spiro atoms. The van der Waals surface area contributed by atoms with E-state index in [1.54, 1.807) is 0 Å². The smallest absolute Gasteiger partial charge is 0.0674 e. The van der Waals surface area contributed by atoms with Crippen LogP contribution in [0.1, 0.15) is 0 Å². The standard InChI is InChI=1S/C14H17N3/c1-17(2)14-12(7-4-8-13(14)16)10-5-3-6-11(15)9-10/h3-9H,15-16H2,1-2H3. The molecule has 2 aromatic rings. The normalized spacial score (nSPS) is 10.2. The highest BCUT2D eigenvalue weighted by Crippen LogP contribution is 2.35. The van der Waals surface area contributed by atoms with Gasteiger partial charge in [-0.1, -0.05) is 24.3 Å². The summed E-state index contributed by atoms with van der Waals surface area (Å²) in [7, 11) is 3.98. The van der Waals surface area contributed by atoms with Crippen LogP contribution in [0.2, 0.25) is 0 Å². The van der Waals surface area contributed by atoms with Crippen molar-refractivity contribution >= 4 is 17.1 Å². The Balaban J connectivity index is 2.63. The predicted octanol–water partition coefficient (Wildman–Crippen LogP) is 2.58. The molecular formula is C14H17N3. The van der Waals surface area contributed by atoms with E-state index in [-0.39, 0.29) is 0 Å². The van der Waals surface area contributed by atoms with E-state index in [0.29, 0.717) is 0 Å². The zero-order valence-electron chi connectivity index (χ0n) is 10.1. The first-order valence-corrected chi connectivity index (χ1v) is 5.51. The highest BCUT2D eigenvalue weighted by atomic mass is 15.1. The van der Waals surface area contributed by atoms with Crippen molar-refractivity contribution < 1.29 is 0 Å². The van der Waals surface area contributed by atoms with Gasteiger partial charge in [0.2, 0.25) is 0 Å². The number of hydrogen-bond donors (Lipinski definition) is 2. The third-order valence-corrected chi connectivity index (χ3v) is 2.71. The van der Waals surface area contributed by atoms with Crippen LogP contribution in [0.4, 0.5) is 17.1 Å². The topological polar surface area (TPSA) is 55.3 Å². The monoisotopic (exact) mass is 227 g/mol. The largest absolute Gasteiger partial charge is 0.399 e. The molecule has 3 heteroatoms. The molecule has 0 aromatic heterocycles. The summed E-state index contributed by atoms with van der Waals surface area (Å²) in [6, 6.07) is 13.8. The summed E-state index contributed by atoms with van der Waals surface area (Å²) in [4.78, 5) is 2.02. The maximum Gasteiger partial charge on any atom is 0.0674 e. The van der Waals surface area contributed by atoms with E-state index >= 15 is 0 Å². The van der Waals surface area contributed by atoms with Gasteiger partial charge in [0.25, 0.3) is 0 Å². The van der Waals surface area contributed by atoms with E-state index in [4.69, 9.17) is 11.5 Å². The fraction of sp³-hybridized carbons (Fsp3) is 0.143. The molecule has 2 aromatic carbocycles. The first-order chi connectivity index (χ1) is 8.09. The van der Waals surface area contributed by atoms with Crippen molar-refractivity contribution in [1.82, 2.24) is 0 Å². The van der Waals surface area contributed by atoms with Gasteiger partial charge in [-0.2, -0.15) is 0 Å². The SMILES string of the molecule is CN(C)c1c(N)cccc1-c1cccc(N)c1. The number of rotatable bonds is 2. The Morgan fingerprint density at radius 1 is 0.941 bits per heavy atom. The third-order valence-electron chi connectivity index (χ3n) is 2.71. The summed E-state index contributed by atoms with van der Waals surface area (Å²) < 4.78 is 0. The van der Waals surface area contributed by atoms with Gasteiger partial charge < -0.3 is 16.4 Å². The molecule has 0 saturated heterocycles. The third kappa shape index (κ3) is 2.18. The molecule has 3 nitrogen and oxygen atoms in total. The van der Waals surface area contributed by atoms with E-state index in [0.717, 1.165) is 28.2 Å². The Bertz CT molecular complexity index is 533. The van der Waals surface area contributed by atoms with Crippen LogP contribution < -0.4 is 16.4 Å². The van der Waals surface area contributed by atoms with Gasteiger partial charge in [-0.25, -0.2) is 0 Å². The minimum atomic E-state index is 0.759. The molecule has 0 aliphatic carbocycles. The van der Waals surface area contributed by atoms with Gasteiger partial charge in [-0.15, -0.1) is 0 Å². The van der Waals surface area contributed by atoms with Crippen LogP contribution in [0, 0.1) is 0 Å². The summed E-state index contributed by atoms with van der Waals surface area (Å²) in [5.74, 6) is 0. The molecule has 0 atom stereocenters. The van der Waals surface area contributed by atoms with Gasteiger partial charge in [-0.05, 0) is 23.8 Å². The second-order valence-corrected chi connectivity index (χ2v) is 4.26. The number of nitrogen functional groups attached to an aromatic ring is 2. The van der Waals surface area contributed by atoms with Crippen LogP contribution in [0.25, 0.3) is 11.1 Å². The lowest BCUT2D eigenvalue weighted by Gasteiger charge is -2.20. The molecule has 0 radical (unpaired) electrons. The van der Waals surface area contributed by atoms with Crippen LogP contribution in [-0.4, -0.2) is 14.1 Å². The van der Waals surface area contributed by atoms with Gasteiger partial charge in [0.15, 0.2) is 0 Å². The lowest BCUT2D eigenvalue weighted by atomic mass is 10.0. The molecular weight excluding hydrogens is 210 g/mol. The van der Waals surface area contributed by atoms with Crippen LogP contribution >= 0.6 is 0 Å². The molecule has 0 aliphatic heterocycles. The van der Waals surface area contributed by atoms with Crippen LogP contribution in [0.5, 0.6) is 0 Å².